The minimum Gasteiger partial charge on any atom is -0.393 e. The Bertz CT molecular complexity index is 435. The maximum atomic E-state index is 10.7. The number of fused-ring (bicyclic) bond motifs is 5. The van der Waals surface area contributed by atoms with Crippen LogP contribution in [-0.4, -0.2) is 22.4 Å². The van der Waals surface area contributed by atoms with Crippen molar-refractivity contribution in [3.05, 3.63) is 0 Å². The lowest BCUT2D eigenvalue weighted by Crippen LogP contribution is -2.57. The molecule has 0 bridgehead atoms. The molecule has 126 valence electrons. The highest BCUT2D eigenvalue weighted by Crippen LogP contribution is 2.65. The normalized spacial score (nSPS) is 58.4. The van der Waals surface area contributed by atoms with Crippen LogP contribution in [0.25, 0.3) is 0 Å². The first kappa shape index (κ1) is 15.4. The Hall–Kier alpha value is -0.0800. The lowest BCUT2D eigenvalue weighted by Gasteiger charge is -2.63. The maximum Gasteiger partial charge on any atom is 0.0596 e. The summed E-state index contributed by atoms with van der Waals surface area (Å²) in [6.45, 7) is 4.93. The summed E-state index contributed by atoms with van der Waals surface area (Å²) in [5.41, 5.74) is 0.655. The van der Waals surface area contributed by atoms with E-state index in [0.29, 0.717) is 5.41 Å². The molecular formula is C20H34O2. The van der Waals surface area contributed by atoms with Gasteiger partial charge in [-0.15, -0.1) is 0 Å². The van der Waals surface area contributed by atoms with Gasteiger partial charge in [0.1, 0.15) is 0 Å². The molecule has 4 saturated carbocycles. The van der Waals surface area contributed by atoms with Crippen molar-refractivity contribution in [2.45, 2.75) is 90.3 Å². The van der Waals surface area contributed by atoms with Gasteiger partial charge in [0.15, 0.2) is 0 Å². The van der Waals surface area contributed by atoms with Crippen LogP contribution in [-0.2, 0) is 0 Å². The Morgan fingerprint density at radius 3 is 2.32 bits per heavy atom. The molecule has 4 rings (SSSR count). The first-order valence-corrected chi connectivity index (χ1v) is 9.81. The smallest absolute Gasteiger partial charge is 0.0596 e. The fourth-order valence-corrected chi connectivity index (χ4v) is 7.40. The van der Waals surface area contributed by atoms with Crippen LogP contribution < -0.4 is 0 Å². The fraction of sp³-hybridized carbons (Fsp3) is 1.00. The molecule has 8 atom stereocenters. The maximum absolute atomic E-state index is 10.7. The van der Waals surface area contributed by atoms with E-state index in [0.717, 1.165) is 42.9 Å². The number of aliphatic hydroxyl groups excluding tert-OH is 2. The fourth-order valence-electron chi connectivity index (χ4n) is 7.40. The number of hydrogen-bond acceptors (Lipinski definition) is 2. The molecule has 4 aliphatic carbocycles. The highest BCUT2D eigenvalue weighted by atomic mass is 16.3. The van der Waals surface area contributed by atoms with Crippen molar-refractivity contribution in [2.24, 2.45) is 34.5 Å². The Morgan fingerprint density at radius 2 is 1.50 bits per heavy atom. The topological polar surface area (TPSA) is 40.5 Å². The van der Waals surface area contributed by atoms with Crippen LogP contribution in [0.15, 0.2) is 0 Å². The van der Waals surface area contributed by atoms with Crippen molar-refractivity contribution in [3.63, 3.8) is 0 Å². The molecule has 22 heavy (non-hydrogen) atoms. The van der Waals surface area contributed by atoms with E-state index in [-0.39, 0.29) is 17.6 Å². The van der Waals surface area contributed by atoms with E-state index in [2.05, 4.69) is 13.8 Å². The van der Waals surface area contributed by atoms with Crippen LogP contribution in [0, 0.1) is 34.5 Å². The summed E-state index contributed by atoms with van der Waals surface area (Å²) in [4.78, 5) is 0. The Morgan fingerprint density at radius 1 is 0.773 bits per heavy atom. The van der Waals surface area contributed by atoms with Gasteiger partial charge >= 0.3 is 0 Å². The molecule has 0 amide bonds. The van der Waals surface area contributed by atoms with Crippen molar-refractivity contribution < 1.29 is 10.2 Å². The largest absolute Gasteiger partial charge is 0.393 e. The second kappa shape index (κ2) is 5.21. The van der Waals surface area contributed by atoms with Crippen molar-refractivity contribution in [1.82, 2.24) is 0 Å². The first-order chi connectivity index (χ1) is 10.4. The van der Waals surface area contributed by atoms with E-state index in [1.165, 1.54) is 44.9 Å². The van der Waals surface area contributed by atoms with E-state index in [1.54, 1.807) is 0 Å². The average molecular weight is 306 g/mol. The van der Waals surface area contributed by atoms with Gasteiger partial charge in [-0.3, -0.25) is 0 Å². The summed E-state index contributed by atoms with van der Waals surface area (Å²) in [6.07, 6.45) is 12.0. The van der Waals surface area contributed by atoms with Gasteiger partial charge in [0, 0.05) is 0 Å². The predicted molar refractivity (Wildman–Crippen MR) is 88.4 cm³/mol. The van der Waals surface area contributed by atoms with Crippen LogP contribution in [0.4, 0.5) is 0 Å². The Labute approximate surface area is 135 Å². The van der Waals surface area contributed by atoms with Crippen molar-refractivity contribution in [1.29, 1.82) is 0 Å². The van der Waals surface area contributed by atoms with Gasteiger partial charge in [-0.2, -0.15) is 0 Å². The Kier molecular flexibility index (Phi) is 3.66. The number of aliphatic hydroxyl groups is 2. The van der Waals surface area contributed by atoms with Gasteiger partial charge in [-0.1, -0.05) is 20.3 Å². The summed E-state index contributed by atoms with van der Waals surface area (Å²) in [5, 5.41) is 20.7. The lowest BCUT2D eigenvalue weighted by atomic mass is 9.43. The van der Waals surface area contributed by atoms with Crippen LogP contribution in [0.1, 0.15) is 78.1 Å². The third-order valence-corrected chi connectivity index (χ3v) is 8.83. The molecule has 0 aromatic carbocycles. The molecule has 0 radical (unpaired) electrons. The Balaban J connectivity index is 1.62. The lowest BCUT2D eigenvalue weighted by molar-refractivity contribution is -0.165. The summed E-state index contributed by atoms with van der Waals surface area (Å²) < 4.78 is 0. The first-order valence-electron chi connectivity index (χ1n) is 9.81. The minimum absolute atomic E-state index is 0.0417. The monoisotopic (exact) mass is 306 g/mol. The molecule has 0 aromatic heterocycles. The van der Waals surface area contributed by atoms with Gasteiger partial charge in [0.05, 0.1) is 12.2 Å². The van der Waals surface area contributed by atoms with Gasteiger partial charge in [-0.05, 0) is 92.3 Å². The van der Waals surface area contributed by atoms with Gasteiger partial charge in [-0.25, -0.2) is 0 Å². The predicted octanol–water partition coefficient (Wildman–Crippen LogP) is 4.14. The van der Waals surface area contributed by atoms with Crippen molar-refractivity contribution in [2.75, 3.05) is 0 Å². The zero-order valence-electron chi connectivity index (χ0n) is 14.4. The summed E-state index contributed by atoms with van der Waals surface area (Å²) in [5.74, 6) is 3.18. The van der Waals surface area contributed by atoms with E-state index in [1.807, 2.05) is 0 Å². The second-order valence-electron chi connectivity index (χ2n) is 9.58. The van der Waals surface area contributed by atoms with Crippen molar-refractivity contribution in [3.8, 4) is 0 Å². The number of rotatable bonds is 0. The molecule has 2 N–H and O–H groups in total. The molecule has 4 fully saturated rings. The molecule has 2 nitrogen and oxygen atoms in total. The van der Waals surface area contributed by atoms with E-state index in [4.69, 9.17) is 0 Å². The molecule has 0 saturated heterocycles. The van der Waals surface area contributed by atoms with Crippen molar-refractivity contribution >= 4 is 0 Å². The molecule has 4 aliphatic rings. The molecule has 7 unspecified atom stereocenters. The zero-order valence-corrected chi connectivity index (χ0v) is 14.4. The molecule has 0 aliphatic heterocycles. The zero-order chi connectivity index (χ0) is 15.5. The van der Waals surface area contributed by atoms with E-state index in [9.17, 15) is 10.2 Å². The van der Waals surface area contributed by atoms with Crippen LogP contribution >= 0.6 is 0 Å². The third kappa shape index (κ3) is 2.05. The average Bonchev–Trinajstić information content (AvgIpc) is 2.49. The molecule has 0 spiro atoms. The van der Waals surface area contributed by atoms with Crippen LogP contribution in [0.2, 0.25) is 0 Å². The number of hydrogen-bond donors (Lipinski definition) is 2. The highest BCUT2D eigenvalue weighted by Gasteiger charge is 2.58. The van der Waals surface area contributed by atoms with E-state index < -0.39 is 0 Å². The van der Waals surface area contributed by atoms with Crippen LogP contribution in [0.5, 0.6) is 0 Å². The van der Waals surface area contributed by atoms with E-state index >= 15 is 0 Å². The second-order valence-corrected chi connectivity index (χ2v) is 9.58. The standard InChI is InChI=1S/C20H34O2/c1-19-10-8-14(21)12-13(19)6-7-15-16-4-3-5-18(22)20(16,2)11-9-17(15)19/h13-18,21-22H,3-12H2,1-2H3/t13?,14-,15?,16?,17?,18?,19?,20?/m1/s1. The molecule has 0 aromatic rings. The third-order valence-electron chi connectivity index (χ3n) is 8.83. The molecule has 0 heterocycles. The quantitative estimate of drug-likeness (QED) is 0.706. The van der Waals surface area contributed by atoms with Gasteiger partial charge < -0.3 is 10.2 Å². The summed E-state index contributed by atoms with van der Waals surface area (Å²) >= 11 is 0. The minimum atomic E-state index is -0.0640. The van der Waals surface area contributed by atoms with Crippen LogP contribution in [0.3, 0.4) is 0 Å². The molecular weight excluding hydrogens is 272 g/mol. The highest BCUT2D eigenvalue weighted by molar-refractivity contribution is 5.08. The van der Waals surface area contributed by atoms with Gasteiger partial charge in [0.2, 0.25) is 0 Å². The summed E-state index contributed by atoms with van der Waals surface area (Å²) in [7, 11) is 0. The van der Waals surface area contributed by atoms with Gasteiger partial charge in [0.25, 0.3) is 0 Å². The molecule has 2 heteroatoms. The SMILES string of the molecule is CC12CCC3C(CCC4C[C@H](O)CCC43C)C1CCCC2O. The summed E-state index contributed by atoms with van der Waals surface area (Å²) in [6, 6.07) is 0.